The fraction of sp³-hybridized carbons (Fsp3) is 0.294. The van der Waals surface area contributed by atoms with E-state index in [1.807, 2.05) is 32.0 Å². The minimum absolute atomic E-state index is 0.349. The molecule has 3 rings (SSSR count). The van der Waals surface area contributed by atoms with E-state index < -0.39 is 23.4 Å². The lowest BCUT2D eigenvalue weighted by molar-refractivity contribution is -0.134. The summed E-state index contributed by atoms with van der Waals surface area (Å²) in [6.07, 6.45) is 2.04. The van der Waals surface area contributed by atoms with Gasteiger partial charge in [0.2, 0.25) is 5.91 Å². The number of thiazole rings is 1. The molecule has 2 N–H and O–H groups in total. The third-order valence-electron chi connectivity index (χ3n) is 4.14. The molecular formula is C17H18N4O3S. The lowest BCUT2D eigenvalue weighted by atomic mass is 9.87. The number of urea groups is 1. The molecule has 0 aliphatic carbocycles. The van der Waals surface area contributed by atoms with E-state index in [1.165, 1.54) is 11.3 Å². The van der Waals surface area contributed by atoms with Crippen molar-refractivity contribution in [1.82, 2.24) is 15.2 Å². The van der Waals surface area contributed by atoms with Gasteiger partial charge in [0, 0.05) is 11.1 Å². The minimum Gasteiger partial charge on any atom is -0.319 e. The Morgan fingerprint density at radius 2 is 2.04 bits per heavy atom. The molecule has 25 heavy (non-hydrogen) atoms. The van der Waals surface area contributed by atoms with Crippen molar-refractivity contribution >= 4 is 34.3 Å². The second-order valence-electron chi connectivity index (χ2n) is 5.77. The number of carbonyl (C=O) groups excluding carboxylic acids is 3. The first-order valence-electron chi connectivity index (χ1n) is 7.88. The Bertz CT molecular complexity index is 820. The van der Waals surface area contributed by atoms with Crippen molar-refractivity contribution in [2.45, 2.75) is 25.8 Å². The van der Waals surface area contributed by atoms with Crippen LogP contribution in [-0.2, 0) is 15.1 Å². The molecule has 2 aromatic rings. The van der Waals surface area contributed by atoms with Gasteiger partial charge >= 0.3 is 6.03 Å². The Morgan fingerprint density at radius 1 is 1.32 bits per heavy atom. The number of aromatic nitrogens is 1. The first kappa shape index (κ1) is 17.1. The van der Waals surface area contributed by atoms with Gasteiger partial charge in [0.15, 0.2) is 5.13 Å². The molecule has 1 aliphatic rings. The zero-order valence-electron chi connectivity index (χ0n) is 13.9. The molecule has 0 bridgehead atoms. The summed E-state index contributed by atoms with van der Waals surface area (Å²) < 4.78 is 0. The number of nitrogens with zero attached hydrogens (tertiary/aromatic N) is 2. The van der Waals surface area contributed by atoms with Crippen molar-refractivity contribution in [2.24, 2.45) is 0 Å². The number of hydrogen-bond acceptors (Lipinski definition) is 5. The normalized spacial score (nSPS) is 19.8. The highest BCUT2D eigenvalue weighted by molar-refractivity contribution is 7.15. The smallest absolute Gasteiger partial charge is 0.319 e. The Kier molecular flexibility index (Phi) is 4.54. The van der Waals surface area contributed by atoms with Crippen LogP contribution in [0, 0.1) is 6.92 Å². The molecule has 1 aliphatic heterocycles. The van der Waals surface area contributed by atoms with Crippen LogP contribution < -0.4 is 10.6 Å². The quantitative estimate of drug-likeness (QED) is 0.802. The van der Waals surface area contributed by atoms with Crippen LogP contribution in [0.1, 0.15) is 23.8 Å². The number of benzene rings is 1. The number of imide groups is 1. The Hall–Kier alpha value is -2.74. The zero-order chi connectivity index (χ0) is 18.0. The summed E-state index contributed by atoms with van der Waals surface area (Å²) in [5.74, 6) is -0.880. The highest BCUT2D eigenvalue weighted by atomic mass is 32.1. The summed E-state index contributed by atoms with van der Waals surface area (Å²) in [7, 11) is 0. The van der Waals surface area contributed by atoms with Gasteiger partial charge in [0.1, 0.15) is 12.1 Å². The van der Waals surface area contributed by atoms with E-state index in [0.29, 0.717) is 17.1 Å². The third-order valence-corrected chi connectivity index (χ3v) is 4.97. The van der Waals surface area contributed by atoms with Crippen LogP contribution in [0.5, 0.6) is 0 Å². The van der Waals surface area contributed by atoms with Crippen LogP contribution in [0.4, 0.5) is 9.93 Å². The summed E-state index contributed by atoms with van der Waals surface area (Å²) in [6, 6.07) is 8.49. The first-order valence-corrected chi connectivity index (χ1v) is 8.70. The molecule has 1 unspecified atom stereocenters. The van der Waals surface area contributed by atoms with Gasteiger partial charge in [-0.1, -0.05) is 37.3 Å². The minimum atomic E-state index is -1.13. The molecule has 8 heteroatoms. The molecule has 0 spiro atoms. The summed E-state index contributed by atoms with van der Waals surface area (Å²) in [5, 5.41) is 5.81. The highest BCUT2D eigenvalue weighted by Crippen LogP contribution is 2.32. The monoisotopic (exact) mass is 358 g/mol. The van der Waals surface area contributed by atoms with Gasteiger partial charge in [0.05, 0.1) is 0 Å². The maximum Gasteiger partial charge on any atom is 0.325 e. The Balaban J connectivity index is 1.78. The number of rotatable bonds is 5. The number of hydrogen-bond donors (Lipinski definition) is 2. The van der Waals surface area contributed by atoms with E-state index in [0.717, 1.165) is 9.78 Å². The molecule has 4 amide bonds. The molecule has 0 radical (unpaired) electrons. The van der Waals surface area contributed by atoms with Crippen LogP contribution in [0.3, 0.4) is 0 Å². The average molecular weight is 358 g/mol. The van der Waals surface area contributed by atoms with Gasteiger partial charge in [-0.2, -0.15) is 0 Å². The Morgan fingerprint density at radius 3 is 2.64 bits per heavy atom. The largest absolute Gasteiger partial charge is 0.325 e. The van der Waals surface area contributed by atoms with Crippen LogP contribution in [0.15, 0.2) is 36.5 Å². The van der Waals surface area contributed by atoms with E-state index in [2.05, 4.69) is 15.6 Å². The summed E-state index contributed by atoms with van der Waals surface area (Å²) in [6.45, 7) is 3.35. The Labute approximate surface area is 149 Å². The topological polar surface area (TPSA) is 91.4 Å². The maximum absolute atomic E-state index is 12.9. The molecule has 1 atom stereocenters. The molecule has 2 heterocycles. The fourth-order valence-corrected chi connectivity index (χ4v) is 3.53. The van der Waals surface area contributed by atoms with Gasteiger partial charge in [0.25, 0.3) is 5.91 Å². The predicted octanol–water partition coefficient (Wildman–Crippen LogP) is 2.25. The number of nitrogens with one attached hydrogen (secondary N) is 2. The van der Waals surface area contributed by atoms with Crippen molar-refractivity contribution in [2.75, 3.05) is 11.9 Å². The lowest BCUT2D eigenvalue weighted by Crippen LogP contribution is -2.44. The van der Waals surface area contributed by atoms with E-state index >= 15 is 0 Å². The number of carbonyl (C=O) groups is 3. The molecular weight excluding hydrogens is 340 g/mol. The molecule has 7 nitrogen and oxygen atoms in total. The van der Waals surface area contributed by atoms with Crippen LogP contribution in [0.25, 0.3) is 0 Å². The van der Waals surface area contributed by atoms with Crippen molar-refractivity contribution in [1.29, 1.82) is 0 Å². The first-order chi connectivity index (χ1) is 12.0. The third kappa shape index (κ3) is 3.12. The number of aryl methyl sites for hydroxylation is 1. The SMILES string of the molecule is CCC1(c2ccccc2)NC(=O)N(CC(=O)Nc2ncc(C)s2)C1=O. The van der Waals surface area contributed by atoms with E-state index in [4.69, 9.17) is 0 Å². The number of anilines is 1. The van der Waals surface area contributed by atoms with Crippen molar-refractivity contribution < 1.29 is 14.4 Å². The van der Waals surface area contributed by atoms with Gasteiger partial charge in [-0.25, -0.2) is 9.78 Å². The number of amides is 4. The molecule has 1 aromatic heterocycles. The lowest BCUT2D eigenvalue weighted by Gasteiger charge is -2.25. The second-order valence-corrected chi connectivity index (χ2v) is 7.01. The highest BCUT2D eigenvalue weighted by Gasteiger charge is 2.51. The fourth-order valence-electron chi connectivity index (χ4n) is 2.85. The van der Waals surface area contributed by atoms with Gasteiger partial charge in [-0.15, -0.1) is 11.3 Å². The van der Waals surface area contributed by atoms with E-state index in [-0.39, 0.29) is 6.54 Å². The predicted molar refractivity (Wildman–Crippen MR) is 94.1 cm³/mol. The summed E-state index contributed by atoms with van der Waals surface area (Å²) >= 11 is 1.33. The van der Waals surface area contributed by atoms with E-state index in [9.17, 15) is 14.4 Å². The van der Waals surface area contributed by atoms with E-state index in [1.54, 1.807) is 18.3 Å². The maximum atomic E-state index is 12.9. The van der Waals surface area contributed by atoms with Gasteiger partial charge in [-0.3, -0.25) is 14.5 Å². The van der Waals surface area contributed by atoms with Crippen molar-refractivity contribution in [3.63, 3.8) is 0 Å². The average Bonchev–Trinajstić information content (AvgIpc) is 3.11. The van der Waals surface area contributed by atoms with Crippen LogP contribution in [0.2, 0.25) is 0 Å². The molecule has 0 saturated carbocycles. The van der Waals surface area contributed by atoms with Gasteiger partial charge in [-0.05, 0) is 18.9 Å². The summed E-state index contributed by atoms with van der Waals surface area (Å²) in [5.41, 5.74) is -0.426. The van der Waals surface area contributed by atoms with Crippen LogP contribution in [-0.4, -0.2) is 34.3 Å². The van der Waals surface area contributed by atoms with Crippen LogP contribution >= 0.6 is 11.3 Å². The summed E-state index contributed by atoms with van der Waals surface area (Å²) in [4.78, 5) is 43.4. The standard InChI is InChI=1S/C17H18N4O3S/c1-3-17(12-7-5-4-6-8-12)14(23)21(16(24)20-17)10-13(22)19-15-18-9-11(2)25-15/h4-9H,3,10H2,1-2H3,(H,20,24)(H,18,19,22). The molecule has 1 aromatic carbocycles. The van der Waals surface area contributed by atoms with Crippen molar-refractivity contribution in [3.8, 4) is 0 Å². The van der Waals surface area contributed by atoms with Gasteiger partial charge < -0.3 is 10.6 Å². The zero-order valence-corrected chi connectivity index (χ0v) is 14.7. The van der Waals surface area contributed by atoms with Crippen molar-refractivity contribution in [3.05, 3.63) is 47.0 Å². The molecule has 1 saturated heterocycles. The second kappa shape index (κ2) is 6.64. The molecule has 1 fully saturated rings. The molecule has 130 valence electrons.